The molecule has 0 bridgehead atoms. The van der Waals surface area contributed by atoms with Crippen LogP contribution in [0.5, 0.6) is 0 Å². The summed E-state index contributed by atoms with van der Waals surface area (Å²) in [6, 6.07) is 0. The predicted octanol–water partition coefficient (Wildman–Crippen LogP) is 3.19. The maximum atomic E-state index is 9.95. The molecule has 0 aromatic carbocycles. The van der Waals surface area contributed by atoms with Crippen molar-refractivity contribution in [1.82, 2.24) is 0 Å². The lowest BCUT2D eigenvalue weighted by molar-refractivity contribution is 0.145. The zero-order valence-electron chi connectivity index (χ0n) is 9.30. The summed E-state index contributed by atoms with van der Waals surface area (Å²) in [6.07, 6.45) is 7.99. The minimum atomic E-state index is -1.31. The van der Waals surface area contributed by atoms with Gasteiger partial charge in [0.15, 0.2) is 0 Å². The second kappa shape index (κ2) is 3.58. The van der Waals surface area contributed by atoms with E-state index in [1.807, 2.05) is 6.92 Å². The Labute approximate surface area is 82.9 Å². The lowest BCUT2D eigenvalue weighted by atomic mass is 9.90. The van der Waals surface area contributed by atoms with E-state index in [0.29, 0.717) is 0 Å². The highest BCUT2D eigenvalue weighted by molar-refractivity contribution is 6.79. The maximum absolute atomic E-state index is 9.95. The van der Waals surface area contributed by atoms with E-state index in [4.69, 9.17) is 0 Å². The van der Waals surface area contributed by atoms with Gasteiger partial charge in [-0.15, -0.1) is 0 Å². The third-order valence-corrected chi connectivity index (χ3v) is 7.15. The first-order chi connectivity index (χ1) is 5.90. The molecule has 13 heavy (non-hydrogen) atoms. The smallest absolute Gasteiger partial charge is 0.0582 e. The molecule has 1 N–H and O–H groups in total. The zero-order valence-corrected chi connectivity index (χ0v) is 10.3. The third kappa shape index (κ3) is 1.89. The summed E-state index contributed by atoms with van der Waals surface area (Å²) in [5.41, 5.74) is 0. The van der Waals surface area contributed by atoms with Crippen molar-refractivity contribution < 1.29 is 5.11 Å². The highest BCUT2D eigenvalue weighted by Gasteiger charge is 2.45. The van der Waals surface area contributed by atoms with Gasteiger partial charge in [0.2, 0.25) is 0 Å². The summed E-state index contributed by atoms with van der Waals surface area (Å²) in [5.74, 6) is 0. The van der Waals surface area contributed by atoms with E-state index in [1.54, 1.807) is 0 Å². The van der Waals surface area contributed by atoms with Gasteiger partial charge in [0.05, 0.1) is 14.2 Å². The molecule has 76 valence electrons. The minimum absolute atomic E-state index is 0.130. The Kier molecular flexibility index (Phi) is 3.03. The Morgan fingerprint density at radius 2 is 2.00 bits per heavy atom. The van der Waals surface area contributed by atoms with Gasteiger partial charge in [-0.2, -0.15) is 0 Å². The quantitative estimate of drug-likeness (QED) is 0.534. The van der Waals surface area contributed by atoms with Crippen LogP contribution in [0.2, 0.25) is 24.7 Å². The van der Waals surface area contributed by atoms with Crippen molar-refractivity contribution in [2.75, 3.05) is 0 Å². The second-order valence-electron chi connectivity index (χ2n) is 5.26. The number of rotatable bonds is 2. The average Bonchev–Trinajstić information content (AvgIpc) is 2.03. The summed E-state index contributed by atoms with van der Waals surface area (Å²) in [6.45, 7) is 9.02. The van der Waals surface area contributed by atoms with Crippen molar-refractivity contribution in [2.24, 2.45) is 0 Å². The Morgan fingerprint density at radius 1 is 1.38 bits per heavy atom. The van der Waals surface area contributed by atoms with Gasteiger partial charge >= 0.3 is 0 Å². The van der Waals surface area contributed by atoms with Crippen LogP contribution in [0, 0.1) is 0 Å². The molecule has 1 aliphatic rings. The van der Waals surface area contributed by atoms with Crippen molar-refractivity contribution in [3.63, 3.8) is 0 Å². The van der Waals surface area contributed by atoms with Crippen LogP contribution in [0.3, 0.4) is 0 Å². The molecular weight excluding hydrogens is 176 g/mol. The van der Waals surface area contributed by atoms with Crippen molar-refractivity contribution in [2.45, 2.75) is 57.0 Å². The van der Waals surface area contributed by atoms with E-state index >= 15 is 0 Å². The first kappa shape index (κ1) is 11.0. The molecule has 0 amide bonds. The Morgan fingerprint density at radius 3 is 2.23 bits per heavy atom. The molecule has 2 atom stereocenters. The normalized spacial score (nSPS) is 31.8. The average molecular weight is 198 g/mol. The van der Waals surface area contributed by atoms with Crippen molar-refractivity contribution >= 4 is 8.07 Å². The van der Waals surface area contributed by atoms with E-state index in [0.717, 1.165) is 0 Å². The summed E-state index contributed by atoms with van der Waals surface area (Å²) in [7, 11) is -1.31. The van der Waals surface area contributed by atoms with E-state index in [-0.39, 0.29) is 11.1 Å². The van der Waals surface area contributed by atoms with E-state index in [1.165, 1.54) is 19.3 Å². The fourth-order valence-electron chi connectivity index (χ4n) is 2.49. The fourth-order valence-corrected chi connectivity index (χ4v) is 5.29. The van der Waals surface area contributed by atoms with Gasteiger partial charge in [-0.1, -0.05) is 31.8 Å². The van der Waals surface area contributed by atoms with Gasteiger partial charge < -0.3 is 5.11 Å². The van der Waals surface area contributed by atoms with Gasteiger partial charge in [-0.3, -0.25) is 0 Å². The van der Waals surface area contributed by atoms with E-state index < -0.39 is 8.07 Å². The minimum Gasteiger partial charge on any atom is -0.393 e. The molecule has 0 fully saturated rings. The summed E-state index contributed by atoms with van der Waals surface area (Å²) in [5, 5.41) is 10.1. The molecule has 0 aromatic heterocycles. The largest absolute Gasteiger partial charge is 0.393 e. The van der Waals surface area contributed by atoms with Gasteiger partial charge in [-0.05, 0) is 26.2 Å². The number of aliphatic hydroxyl groups is 1. The fraction of sp³-hybridized carbons (Fsp3) is 0.818. The molecule has 0 heterocycles. The lowest BCUT2D eigenvalue weighted by Crippen LogP contribution is -2.46. The Balaban J connectivity index is 3.00. The zero-order chi connectivity index (χ0) is 10.1. The van der Waals surface area contributed by atoms with Crippen LogP contribution in [-0.4, -0.2) is 19.3 Å². The molecule has 1 aliphatic carbocycles. The molecule has 1 rings (SSSR count). The van der Waals surface area contributed by atoms with Crippen molar-refractivity contribution in [3.05, 3.63) is 12.2 Å². The Hall–Kier alpha value is -0.0831. The van der Waals surface area contributed by atoms with E-state index in [2.05, 4.69) is 31.8 Å². The van der Waals surface area contributed by atoms with Crippen molar-refractivity contribution in [1.29, 1.82) is 0 Å². The molecule has 0 aliphatic heterocycles. The first-order valence-corrected chi connectivity index (χ1v) is 8.76. The standard InChI is InChI=1S/C11H22OSi/c1-10(12)11(13(2,3)4)8-6-5-7-9-11/h6,8,10,12H,5,7,9H2,1-4H3. The maximum Gasteiger partial charge on any atom is 0.0582 e. The van der Waals surface area contributed by atoms with Crippen LogP contribution < -0.4 is 0 Å². The van der Waals surface area contributed by atoms with Gasteiger partial charge in [-0.25, -0.2) is 0 Å². The molecule has 0 saturated heterocycles. The molecule has 0 saturated carbocycles. The molecule has 0 spiro atoms. The third-order valence-electron chi connectivity index (χ3n) is 3.52. The van der Waals surface area contributed by atoms with Crippen LogP contribution in [0.15, 0.2) is 12.2 Å². The molecule has 2 heteroatoms. The molecular formula is C11H22OSi. The number of aliphatic hydroxyl groups excluding tert-OH is 1. The molecule has 2 unspecified atom stereocenters. The van der Waals surface area contributed by atoms with Crippen LogP contribution >= 0.6 is 0 Å². The lowest BCUT2D eigenvalue weighted by Gasteiger charge is -2.45. The highest BCUT2D eigenvalue weighted by Crippen LogP contribution is 2.49. The first-order valence-electron chi connectivity index (χ1n) is 5.26. The number of allylic oxidation sites excluding steroid dienone is 1. The second-order valence-corrected chi connectivity index (χ2v) is 10.7. The topological polar surface area (TPSA) is 20.2 Å². The van der Waals surface area contributed by atoms with Gasteiger partial charge in [0.25, 0.3) is 0 Å². The highest BCUT2D eigenvalue weighted by atomic mass is 28.3. The predicted molar refractivity (Wildman–Crippen MR) is 60.7 cm³/mol. The summed E-state index contributed by atoms with van der Waals surface area (Å²) in [4.78, 5) is 0. The van der Waals surface area contributed by atoms with Crippen LogP contribution in [0.1, 0.15) is 26.2 Å². The SMILES string of the molecule is CC(O)C1([Si](C)(C)C)C=CCCC1. The molecule has 1 nitrogen and oxygen atoms in total. The molecule has 0 aromatic rings. The molecule has 0 radical (unpaired) electrons. The van der Waals surface area contributed by atoms with Crippen LogP contribution in [0.4, 0.5) is 0 Å². The number of hydrogen-bond acceptors (Lipinski definition) is 1. The van der Waals surface area contributed by atoms with Crippen LogP contribution in [0.25, 0.3) is 0 Å². The van der Waals surface area contributed by atoms with Crippen LogP contribution in [-0.2, 0) is 0 Å². The van der Waals surface area contributed by atoms with Gasteiger partial charge in [0, 0.05) is 5.04 Å². The summed E-state index contributed by atoms with van der Waals surface area (Å²) < 4.78 is 0. The summed E-state index contributed by atoms with van der Waals surface area (Å²) >= 11 is 0. The van der Waals surface area contributed by atoms with Crippen molar-refractivity contribution in [3.8, 4) is 0 Å². The Bertz CT molecular complexity index is 203. The van der Waals surface area contributed by atoms with Gasteiger partial charge in [0.1, 0.15) is 0 Å². The number of hydrogen-bond donors (Lipinski definition) is 1. The monoisotopic (exact) mass is 198 g/mol. The van der Waals surface area contributed by atoms with E-state index in [9.17, 15) is 5.11 Å².